The highest BCUT2D eigenvalue weighted by molar-refractivity contribution is 6.31. The first-order valence-corrected chi connectivity index (χ1v) is 7.05. The van der Waals surface area contributed by atoms with Crippen molar-refractivity contribution in [2.45, 2.75) is 19.9 Å². The van der Waals surface area contributed by atoms with Crippen molar-refractivity contribution in [3.8, 4) is 11.1 Å². The minimum Gasteiger partial charge on any atom is -0.313 e. The Kier molecular flexibility index (Phi) is 5.26. The molecule has 2 aromatic rings. The van der Waals surface area contributed by atoms with Gasteiger partial charge >= 0.3 is 0 Å². The van der Waals surface area contributed by atoms with Crippen molar-refractivity contribution in [3.05, 3.63) is 58.4 Å². The van der Waals surface area contributed by atoms with Gasteiger partial charge in [-0.3, -0.25) is 0 Å². The van der Waals surface area contributed by atoms with Gasteiger partial charge in [0.2, 0.25) is 0 Å². The van der Waals surface area contributed by atoms with E-state index < -0.39 is 17.5 Å². The van der Waals surface area contributed by atoms with Crippen molar-refractivity contribution in [3.63, 3.8) is 0 Å². The molecule has 21 heavy (non-hydrogen) atoms. The van der Waals surface area contributed by atoms with Gasteiger partial charge in [-0.1, -0.05) is 30.7 Å². The minimum absolute atomic E-state index is 0.0103. The van der Waals surface area contributed by atoms with Gasteiger partial charge in [-0.05, 0) is 42.3 Å². The van der Waals surface area contributed by atoms with Crippen molar-refractivity contribution in [2.75, 3.05) is 6.54 Å². The van der Waals surface area contributed by atoms with Gasteiger partial charge in [0.15, 0.2) is 17.5 Å². The van der Waals surface area contributed by atoms with Gasteiger partial charge in [-0.2, -0.15) is 0 Å². The van der Waals surface area contributed by atoms with Crippen LogP contribution in [-0.4, -0.2) is 6.54 Å². The van der Waals surface area contributed by atoms with Crippen LogP contribution in [0.2, 0.25) is 5.02 Å². The van der Waals surface area contributed by atoms with E-state index in [1.54, 1.807) is 18.2 Å². The zero-order chi connectivity index (χ0) is 15.4. The van der Waals surface area contributed by atoms with Crippen LogP contribution in [0.5, 0.6) is 0 Å². The summed E-state index contributed by atoms with van der Waals surface area (Å²) in [5, 5.41) is 3.67. The number of rotatable bonds is 5. The number of nitrogens with one attached hydrogen (secondary N) is 1. The molecule has 0 aliphatic heterocycles. The molecule has 0 amide bonds. The molecule has 0 atom stereocenters. The zero-order valence-corrected chi connectivity index (χ0v) is 12.3. The SMILES string of the molecule is CCCNCc1ccc(-c2ccc(F)c(F)c2F)cc1Cl. The van der Waals surface area contributed by atoms with Crippen LogP contribution in [0.25, 0.3) is 11.1 Å². The highest BCUT2D eigenvalue weighted by atomic mass is 35.5. The van der Waals surface area contributed by atoms with Crippen molar-refractivity contribution in [1.82, 2.24) is 5.32 Å². The Balaban J connectivity index is 2.30. The lowest BCUT2D eigenvalue weighted by atomic mass is 10.0. The summed E-state index contributed by atoms with van der Waals surface area (Å²) in [7, 11) is 0. The Hall–Kier alpha value is -1.52. The molecular formula is C16H15ClF3N. The normalized spacial score (nSPS) is 10.9. The summed E-state index contributed by atoms with van der Waals surface area (Å²) in [4.78, 5) is 0. The summed E-state index contributed by atoms with van der Waals surface area (Å²) in [5.41, 5.74) is 1.27. The van der Waals surface area contributed by atoms with Crippen LogP contribution in [0.4, 0.5) is 13.2 Å². The molecule has 0 heterocycles. The molecule has 2 aromatic carbocycles. The maximum Gasteiger partial charge on any atom is 0.195 e. The Morgan fingerprint density at radius 2 is 1.81 bits per heavy atom. The van der Waals surface area contributed by atoms with Crippen molar-refractivity contribution in [1.29, 1.82) is 0 Å². The van der Waals surface area contributed by atoms with Crippen LogP contribution >= 0.6 is 11.6 Å². The molecule has 0 bridgehead atoms. The van der Waals surface area contributed by atoms with E-state index in [0.29, 0.717) is 17.1 Å². The quantitative estimate of drug-likeness (QED) is 0.610. The van der Waals surface area contributed by atoms with Crippen molar-refractivity contribution >= 4 is 11.6 Å². The molecule has 0 fully saturated rings. The van der Waals surface area contributed by atoms with E-state index >= 15 is 0 Å². The topological polar surface area (TPSA) is 12.0 Å². The molecule has 5 heteroatoms. The van der Waals surface area contributed by atoms with Gasteiger partial charge in [0.25, 0.3) is 0 Å². The maximum atomic E-state index is 13.8. The second-order valence-corrected chi connectivity index (χ2v) is 5.11. The van der Waals surface area contributed by atoms with Crippen molar-refractivity contribution < 1.29 is 13.2 Å². The van der Waals surface area contributed by atoms with Crippen LogP contribution in [-0.2, 0) is 6.54 Å². The van der Waals surface area contributed by atoms with E-state index in [9.17, 15) is 13.2 Å². The number of halogens is 4. The fourth-order valence-corrected chi connectivity index (χ4v) is 2.25. The minimum atomic E-state index is -1.47. The fraction of sp³-hybridized carbons (Fsp3) is 0.250. The Morgan fingerprint density at radius 3 is 2.48 bits per heavy atom. The van der Waals surface area contributed by atoms with Crippen LogP contribution in [0.1, 0.15) is 18.9 Å². The summed E-state index contributed by atoms with van der Waals surface area (Å²) in [6.45, 7) is 3.53. The molecule has 0 saturated heterocycles. The molecule has 0 radical (unpaired) electrons. The third kappa shape index (κ3) is 3.57. The highest BCUT2D eigenvalue weighted by Crippen LogP contribution is 2.29. The van der Waals surface area contributed by atoms with E-state index in [1.807, 2.05) is 0 Å². The summed E-state index contributed by atoms with van der Waals surface area (Å²) >= 11 is 6.15. The Bertz CT molecular complexity index is 644. The van der Waals surface area contributed by atoms with E-state index in [1.165, 1.54) is 6.07 Å². The molecule has 0 aliphatic rings. The zero-order valence-electron chi connectivity index (χ0n) is 11.5. The monoisotopic (exact) mass is 313 g/mol. The fourth-order valence-electron chi connectivity index (χ4n) is 2.01. The van der Waals surface area contributed by atoms with E-state index in [0.717, 1.165) is 24.6 Å². The van der Waals surface area contributed by atoms with Crippen molar-refractivity contribution in [2.24, 2.45) is 0 Å². The van der Waals surface area contributed by atoms with Gasteiger partial charge < -0.3 is 5.32 Å². The third-order valence-electron chi connectivity index (χ3n) is 3.14. The molecule has 0 unspecified atom stereocenters. The molecule has 1 N–H and O–H groups in total. The number of benzene rings is 2. The van der Waals surface area contributed by atoms with Crippen LogP contribution < -0.4 is 5.32 Å². The summed E-state index contributed by atoms with van der Waals surface area (Å²) in [5.74, 6) is -3.89. The smallest absolute Gasteiger partial charge is 0.195 e. The Morgan fingerprint density at radius 1 is 1.05 bits per heavy atom. The maximum absolute atomic E-state index is 13.8. The lowest BCUT2D eigenvalue weighted by Crippen LogP contribution is -2.14. The summed E-state index contributed by atoms with van der Waals surface area (Å²) in [6, 6.07) is 7.05. The van der Waals surface area contributed by atoms with Gasteiger partial charge in [-0.25, -0.2) is 13.2 Å². The first-order chi connectivity index (χ1) is 10.0. The standard InChI is InChI=1S/C16H15ClF3N/c1-2-7-21-9-11-4-3-10(8-13(11)17)12-5-6-14(18)16(20)15(12)19/h3-6,8,21H,2,7,9H2,1H3. The summed E-state index contributed by atoms with van der Waals surface area (Å²) < 4.78 is 40.0. The van der Waals surface area contributed by atoms with Gasteiger partial charge in [0.1, 0.15) is 0 Å². The molecule has 0 aliphatic carbocycles. The van der Waals surface area contributed by atoms with E-state index in [2.05, 4.69) is 12.2 Å². The van der Waals surface area contributed by atoms with Gasteiger partial charge in [0.05, 0.1) is 0 Å². The first-order valence-electron chi connectivity index (χ1n) is 6.67. The molecule has 0 aromatic heterocycles. The highest BCUT2D eigenvalue weighted by Gasteiger charge is 2.15. The summed E-state index contributed by atoms with van der Waals surface area (Å²) in [6.07, 6.45) is 1.01. The second-order valence-electron chi connectivity index (χ2n) is 4.71. The predicted molar refractivity (Wildman–Crippen MR) is 78.8 cm³/mol. The van der Waals surface area contributed by atoms with Gasteiger partial charge in [-0.15, -0.1) is 0 Å². The molecule has 2 rings (SSSR count). The molecule has 112 valence electrons. The second kappa shape index (κ2) is 6.96. The lowest BCUT2D eigenvalue weighted by molar-refractivity contribution is 0.449. The first kappa shape index (κ1) is 15.9. The lowest BCUT2D eigenvalue weighted by Gasteiger charge is -2.09. The average molecular weight is 314 g/mol. The van der Waals surface area contributed by atoms with Crippen LogP contribution in [0.3, 0.4) is 0 Å². The molecule has 0 spiro atoms. The molecular weight excluding hydrogens is 299 g/mol. The third-order valence-corrected chi connectivity index (χ3v) is 3.49. The van der Waals surface area contributed by atoms with E-state index in [-0.39, 0.29) is 5.56 Å². The predicted octanol–water partition coefficient (Wildman–Crippen LogP) is 4.92. The van der Waals surface area contributed by atoms with Crippen LogP contribution in [0.15, 0.2) is 30.3 Å². The van der Waals surface area contributed by atoms with Gasteiger partial charge in [0, 0.05) is 17.1 Å². The Labute approximate surface area is 126 Å². The molecule has 0 saturated carbocycles. The number of hydrogen-bond acceptors (Lipinski definition) is 1. The number of hydrogen-bond donors (Lipinski definition) is 1. The largest absolute Gasteiger partial charge is 0.313 e. The molecule has 1 nitrogen and oxygen atoms in total. The average Bonchev–Trinajstić information content (AvgIpc) is 2.47. The van der Waals surface area contributed by atoms with E-state index in [4.69, 9.17) is 11.6 Å². The van der Waals surface area contributed by atoms with Crippen LogP contribution in [0, 0.1) is 17.5 Å².